The minimum atomic E-state index is -0.811. The van der Waals surface area contributed by atoms with Crippen LogP contribution >= 0.6 is 0 Å². The molecule has 0 spiro atoms. The van der Waals surface area contributed by atoms with Gasteiger partial charge in [0.15, 0.2) is 5.82 Å². The number of rotatable bonds is 4. The fourth-order valence-corrected chi connectivity index (χ4v) is 2.07. The third kappa shape index (κ3) is 4.24. The fraction of sp³-hybridized carbons (Fsp3) is 0.429. The summed E-state index contributed by atoms with van der Waals surface area (Å²) in [5, 5.41) is 16.8. The summed E-state index contributed by atoms with van der Waals surface area (Å²) in [6.07, 6.45) is 3.22. The van der Waals surface area contributed by atoms with E-state index in [4.69, 9.17) is 4.74 Å². The smallest absolute Gasteiger partial charge is 0.460 e. The molecule has 2 heterocycles. The average molecular weight is 337 g/mol. The Kier molecular flexibility index (Phi) is 5.77. The van der Waals surface area contributed by atoms with E-state index in [0.29, 0.717) is 18.9 Å². The molecule has 10 heteroatoms. The molecule has 0 saturated carbocycles. The van der Waals surface area contributed by atoms with Crippen LogP contribution in [0.1, 0.15) is 13.3 Å². The molecule has 0 aromatic carbocycles. The zero-order valence-electron chi connectivity index (χ0n) is 13.4. The molecule has 0 radical (unpaired) electrons. The van der Waals surface area contributed by atoms with E-state index in [9.17, 15) is 14.8 Å². The van der Waals surface area contributed by atoms with Gasteiger partial charge in [0.1, 0.15) is 0 Å². The Bertz CT molecular complexity index is 649. The van der Waals surface area contributed by atoms with E-state index in [1.165, 1.54) is 13.2 Å². The number of carbonyl (C=O) groups is 2. The lowest BCUT2D eigenvalue weighted by atomic mass is 10.2. The number of hydrogen-bond donors (Lipinski definition) is 2. The van der Waals surface area contributed by atoms with Gasteiger partial charge in [-0.05, 0) is 13.3 Å². The molecule has 1 aliphatic rings. The van der Waals surface area contributed by atoms with Crippen molar-refractivity contribution >= 4 is 29.8 Å². The normalized spacial score (nSPS) is 13.3. The molecule has 130 valence electrons. The maximum absolute atomic E-state index is 12.3. The molecular weight excluding hydrogens is 318 g/mol. The van der Waals surface area contributed by atoms with Crippen molar-refractivity contribution in [3.63, 3.8) is 0 Å². The number of carbonyl (C=O) groups excluding carboxylic acids is 2. The Hall–Kier alpha value is -3.04. The van der Waals surface area contributed by atoms with Crippen molar-refractivity contribution in [1.82, 2.24) is 4.98 Å². The molecule has 1 aromatic heterocycles. The average Bonchev–Trinajstić information content (AvgIpc) is 2.59. The predicted molar refractivity (Wildman–Crippen MR) is 85.8 cm³/mol. The van der Waals surface area contributed by atoms with Crippen LogP contribution in [0.2, 0.25) is 0 Å². The summed E-state index contributed by atoms with van der Waals surface area (Å²) in [6, 6.07) is 1.42. The van der Waals surface area contributed by atoms with Crippen LogP contribution in [0.3, 0.4) is 0 Å². The van der Waals surface area contributed by atoms with Crippen LogP contribution < -0.4 is 20.3 Å². The second-order valence-corrected chi connectivity index (χ2v) is 4.79. The number of nitrogens with one attached hydrogen (secondary N) is 2. The molecule has 0 aliphatic carbocycles. The number of amides is 2. The first-order chi connectivity index (χ1) is 11.5. The highest BCUT2D eigenvalue weighted by molar-refractivity contribution is 5.84. The molecule has 0 saturated heterocycles. The molecule has 0 bridgehead atoms. The van der Waals surface area contributed by atoms with Crippen LogP contribution in [0.15, 0.2) is 18.2 Å². The van der Waals surface area contributed by atoms with E-state index >= 15 is 0 Å². The van der Waals surface area contributed by atoms with Crippen molar-refractivity contribution in [2.45, 2.75) is 13.3 Å². The van der Waals surface area contributed by atoms with Crippen molar-refractivity contribution in [3.8, 4) is 0 Å². The van der Waals surface area contributed by atoms with Crippen molar-refractivity contribution in [2.24, 2.45) is 0 Å². The first-order valence-corrected chi connectivity index (χ1v) is 7.38. The highest BCUT2D eigenvalue weighted by atomic mass is 16.6. The van der Waals surface area contributed by atoms with E-state index in [2.05, 4.69) is 20.4 Å². The lowest BCUT2D eigenvalue weighted by Gasteiger charge is -2.24. The maximum atomic E-state index is 12.3. The molecule has 0 fully saturated rings. The van der Waals surface area contributed by atoms with Gasteiger partial charge < -0.3 is 19.6 Å². The van der Waals surface area contributed by atoms with Gasteiger partial charge in [-0.15, -0.1) is 0 Å². The van der Waals surface area contributed by atoms with Gasteiger partial charge >= 0.3 is 18.1 Å². The van der Waals surface area contributed by atoms with E-state index in [1.807, 2.05) is 17.1 Å². The fourth-order valence-electron chi connectivity index (χ4n) is 2.07. The predicted octanol–water partition coefficient (Wildman–Crippen LogP) is 1.23. The molecular formula is C14H19N5O5. The topological polar surface area (TPSA) is 120 Å². The molecule has 2 rings (SSSR count). The highest BCUT2D eigenvalue weighted by Crippen LogP contribution is 2.19. The third-order valence-electron chi connectivity index (χ3n) is 3.18. The molecule has 1 aliphatic heterocycles. The maximum Gasteiger partial charge on any atom is 0.460 e. The Morgan fingerprint density at radius 1 is 1.38 bits per heavy atom. The summed E-state index contributed by atoms with van der Waals surface area (Å²) in [4.78, 5) is 29.0. The number of aromatic nitrogens is 2. The molecule has 0 unspecified atom stereocenters. The van der Waals surface area contributed by atoms with Gasteiger partial charge in [-0.1, -0.05) is 17.1 Å². The van der Waals surface area contributed by atoms with E-state index in [-0.39, 0.29) is 23.1 Å². The van der Waals surface area contributed by atoms with E-state index in [0.717, 1.165) is 6.42 Å². The van der Waals surface area contributed by atoms with Crippen LogP contribution in [-0.2, 0) is 9.47 Å². The summed E-state index contributed by atoms with van der Waals surface area (Å²) in [5.74, 6) is 0.0183. The first kappa shape index (κ1) is 17.3. The molecule has 10 nitrogen and oxygen atoms in total. The minimum absolute atomic E-state index is 0.117. The van der Waals surface area contributed by atoms with Gasteiger partial charge in [0, 0.05) is 13.1 Å². The van der Waals surface area contributed by atoms with Crippen molar-refractivity contribution in [1.29, 1.82) is 0 Å². The van der Waals surface area contributed by atoms with Gasteiger partial charge in [0.2, 0.25) is 5.82 Å². The van der Waals surface area contributed by atoms with Gasteiger partial charge in [-0.2, -0.15) is 5.32 Å². The van der Waals surface area contributed by atoms with E-state index < -0.39 is 12.2 Å². The van der Waals surface area contributed by atoms with Crippen molar-refractivity contribution in [3.05, 3.63) is 23.4 Å². The van der Waals surface area contributed by atoms with Crippen LogP contribution in [0.5, 0.6) is 0 Å². The molecule has 2 N–H and O–H groups in total. The summed E-state index contributed by atoms with van der Waals surface area (Å²) in [7, 11) is 1.18. The lowest BCUT2D eigenvalue weighted by molar-refractivity contribution is -0.577. The van der Waals surface area contributed by atoms with Crippen molar-refractivity contribution in [2.75, 3.05) is 42.3 Å². The Morgan fingerprint density at radius 2 is 2.17 bits per heavy atom. The van der Waals surface area contributed by atoms with Crippen LogP contribution in [0.25, 0.3) is 0 Å². The number of methoxy groups -OCH3 is 1. The summed E-state index contributed by atoms with van der Waals surface area (Å²) < 4.78 is 9.53. The molecule has 24 heavy (non-hydrogen) atoms. The Morgan fingerprint density at radius 3 is 2.79 bits per heavy atom. The van der Waals surface area contributed by atoms with Crippen LogP contribution in [-0.4, -0.2) is 44.0 Å². The molecule has 1 aromatic rings. The van der Waals surface area contributed by atoms with Crippen LogP contribution in [0.4, 0.5) is 27.2 Å². The number of nitrogens with zero attached hydrogens (tertiary/aromatic N) is 3. The largest absolute Gasteiger partial charge is 0.754 e. The minimum Gasteiger partial charge on any atom is -0.754 e. The quantitative estimate of drug-likeness (QED) is 0.481. The van der Waals surface area contributed by atoms with Gasteiger partial charge in [0.25, 0.3) is 0 Å². The molecule has 2 amide bonds. The second kappa shape index (κ2) is 7.99. The number of anilines is 3. The Labute approximate surface area is 138 Å². The number of hydrogen-bond acceptors (Lipinski definition) is 7. The first-order valence-electron chi connectivity index (χ1n) is 7.38. The van der Waals surface area contributed by atoms with Gasteiger partial charge in [0.05, 0.1) is 19.8 Å². The Balaban J connectivity index is 2.35. The zero-order chi connectivity index (χ0) is 17.5. The highest BCUT2D eigenvalue weighted by Gasteiger charge is 2.22. The SMILES string of the molecule is CCOC(=O)Nc1nc(N2CC=CCC2)cc(NC(=O)OC)[n+]1[O-]. The van der Waals surface area contributed by atoms with Crippen molar-refractivity contribution < 1.29 is 23.8 Å². The second-order valence-electron chi connectivity index (χ2n) is 4.79. The lowest BCUT2D eigenvalue weighted by Crippen LogP contribution is -2.40. The summed E-state index contributed by atoms with van der Waals surface area (Å²) in [6.45, 7) is 3.09. The van der Waals surface area contributed by atoms with Gasteiger partial charge in [-0.3, -0.25) is 0 Å². The van der Waals surface area contributed by atoms with Gasteiger partial charge in [-0.25, -0.2) is 19.6 Å². The monoisotopic (exact) mass is 337 g/mol. The summed E-state index contributed by atoms with van der Waals surface area (Å²) in [5.41, 5.74) is 0. The molecule has 0 atom stereocenters. The van der Waals surface area contributed by atoms with E-state index in [1.54, 1.807) is 6.92 Å². The number of ether oxygens (including phenoxy) is 2. The zero-order valence-corrected chi connectivity index (χ0v) is 13.4. The third-order valence-corrected chi connectivity index (χ3v) is 3.18. The standard InChI is InChI=1S/C14H19N5O5/c1-3-24-14(21)17-12-15-10(18-7-5-4-6-8-18)9-11(19(12)22)16-13(20)23-2/h4-5,9H,3,6-8H2,1-2H3,(H,16,20)(H,15,17,21). The van der Waals surface area contributed by atoms with Crippen LogP contribution in [0, 0.1) is 5.21 Å². The summed E-state index contributed by atoms with van der Waals surface area (Å²) >= 11 is 0.